The molecule has 2 aromatic rings. The van der Waals surface area contributed by atoms with E-state index in [1.807, 2.05) is 25.1 Å². The lowest BCUT2D eigenvalue weighted by molar-refractivity contribution is 0.513. The van der Waals surface area contributed by atoms with Crippen molar-refractivity contribution in [2.75, 3.05) is 5.75 Å². The summed E-state index contributed by atoms with van der Waals surface area (Å²) in [6.45, 7) is 1.91. The zero-order valence-corrected chi connectivity index (χ0v) is 10.3. The van der Waals surface area contributed by atoms with Gasteiger partial charge < -0.3 is 4.42 Å². The number of aromatic nitrogens is 1. The second-order valence-corrected chi connectivity index (χ2v) is 5.64. The van der Waals surface area contributed by atoms with Gasteiger partial charge in [0.2, 0.25) is 15.9 Å². The highest BCUT2D eigenvalue weighted by molar-refractivity contribution is 7.89. The monoisotopic (exact) mass is 254 g/mol. The van der Waals surface area contributed by atoms with Gasteiger partial charge in [-0.15, -0.1) is 0 Å². The lowest BCUT2D eigenvalue weighted by Crippen LogP contribution is -2.25. The molecule has 0 aliphatic heterocycles. The van der Waals surface area contributed by atoms with Gasteiger partial charge >= 0.3 is 0 Å². The van der Waals surface area contributed by atoms with Crippen molar-refractivity contribution >= 4 is 21.1 Å². The summed E-state index contributed by atoms with van der Waals surface area (Å²) in [6.07, 6.45) is 0.586. The lowest BCUT2D eigenvalue weighted by atomic mass is 10.3. The van der Waals surface area contributed by atoms with Crippen molar-refractivity contribution in [3.8, 4) is 0 Å². The molecule has 0 unspecified atom stereocenters. The Labute approximate surface area is 99.9 Å². The average Bonchev–Trinajstić information content (AvgIpc) is 2.69. The molecule has 0 amide bonds. The molecule has 1 aromatic carbocycles. The number of hydrogen-bond acceptors (Lipinski definition) is 4. The highest BCUT2D eigenvalue weighted by Gasteiger charge is 2.11. The molecule has 1 aromatic heterocycles. The van der Waals surface area contributed by atoms with Gasteiger partial charge in [-0.2, -0.15) is 0 Å². The number of nitrogens with one attached hydrogen (secondary N) is 1. The molecule has 2 rings (SSSR count). The minimum Gasteiger partial charge on any atom is -0.439 e. The molecule has 92 valence electrons. The molecule has 6 heteroatoms. The number of benzene rings is 1. The molecule has 0 atom stereocenters. The first-order chi connectivity index (χ1) is 8.11. The smallest absolute Gasteiger partial charge is 0.212 e. The summed E-state index contributed by atoms with van der Waals surface area (Å²) in [4.78, 5) is 4.18. The third-order valence-corrected chi connectivity index (χ3v) is 3.78. The predicted octanol–water partition coefficient (Wildman–Crippen LogP) is 1.66. The predicted molar refractivity (Wildman–Crippen MR) is 64.9 cm³/mol. The van der Waals surface area contributed by atoms with Crippen molar-refractivity contribution in [2.45, 2.75) is 19.9 Å². The van der Waals surface area contributed by atoms with Crippen molar-refractivity contribution in [1.29, 1.82) is 0 Å². The zero-order chi connectivity index (χ0) is 12.3. The second-order valence-electron chi connectivity index (χ2n) is 3.72. The third kappa shape index (κ3) is 3.04. The maximum Gasteiger partial charge on any atom is 0.212 e. The molecule has 0 bridgehead atoms. The van der Waals surface area contributed by atoms with E-state index in [0.29, 0.717) is 17.9 Å². The summed E-state index contributed by atoms with van der Waals surface area (Å²) >= 11 is 0. The van der Waals surface area contributed by atoms with Crippen LogP contribution in [-0.4, -0.2) is 19.2 Å². The van der Waals surface area contributed by atoms with Crippen LogP contribution in [0.15, 0.2) is 28.7 Å². The molecular weight excluding hydrogens is 240 g/mol. The molecule has 0 radical (unpaired) electrons. The number of sulfonamides is 1. The van der Waals surface area contributed by atoms with Crippen LogP contribution in [0.25, 0.3) is 11.1 Å². The molecule has 1 N–H and O–H groups in total. The van der Waals surface area contributed by atoms with Gasteiger partial charge in [0.25, 0.3) is 0 Å². The van der Waals surface area contributed by atoms with E-state index in [2.05, 4.69) is 9.71 Å². The van der Waals surface area contributed by atoms with Crippen molar-refractivity contribution in [2.24, 2.45) is 0 Å². The Morgan fingerprint density at radius 1 is 1.35 bits per heavy atom. The Morgan fingerprint density at radius 2 is 2.12 bits per heavy atom. The van der Waals surface area contributed by atoms with E-state index in [4.69, 9.17) is 4.42 Å². The van der Waals surface area contributed by atoms with E-state index < -0.39 is 10.0 Å². The summed E-state index contributed by atoms with van der Waals surface area (Å²) in [5.41, 5.74) is 1.40. The molecule has 0 fully saturated rings. The topological polar surface area (TPSA) is 72.2 Å². The molecule has 1 heterocycles. The van der Waals surface area contributed by atoms with Crippen LogP contribution in [0, 0.1) is 0 Å². The summed E-state index contributed by atoms with van der Waals surface area (Å²) in [6, 6.07) is 7.32. The van der Waals surface area contributed by atoms with E-state index in [0.717, 1.165) is 5.52 Å². The Kier molecular flexibility index (Phi) is 3.44. The van der Waals surface area contributed by atoms with Crippen LogP contribution in [0.2, 0.25) is 0 Å². The number of hydrogen-bond donors (Lipinski definition) is 1. The number of fused-ring (bicyclic) bond motifs is 1. The Balaban J connectivity index is 2.09. The fourth-order valence-electron chi connectivity index (χ4n) is 1.51. The third-order valence-electron chi connectivity index (χ3n) is 2.25. The van der Waals surface area contributed by atoms with Crippen LogP contribution >= 0.6 is 0 Å². The van der Waals surface area contributed by atoms with E-state index in [1.165, 1.54) is 0 Å². The van der Waals surface area contributed by atoms with Gasteiger partial charge in [-0.05, 0) is 18.6 Å². The summed E-state index contributed by atoms with van der Waals surface area (Å²) in [7, 11) is -3.22. The molecule has 0 aliphatic carbocycles. The van der Waals surface area contributed by atoms with Gasteiger partial charge in [0.05, 0.1) is 12.3 Å². The zero-order valence-electron chi connectivity index (χ0n) is 9.51. The molecule has 0 spiro atoms. The normalized spacial score (nSPS) is 12.1. The van der Waals surface area contributed by atoms with Gasteiger partial charge in [0.15, 0.2) is 5.58 Å². The van der Waals surface area contributed by atoms with Crippen molar-refractivity contribution in [1.82, 2.24) is 9.71 Å². The molecule has 5 nitrogen and oxygen atoms in total. The van der Waals surface area contributed by atoms with Crippen molar-refractivity contribution in [3.05, 3.63) is 30.2 Å². The quantitative estimate of drug-likeness (QED) is 0.880. The number of para-hydroxylation sites is 2. The average molecular weight is 254 g/mol. The van der Waals surface area contributed by atoms with Crippen molar-refractivity contribution in [3.63, 3.8) is 0 Å². The number of rotatable bonds is 5. The summed E-state index contributed by atoms with van der Waals surface area (Å²) in [5.74, 6) is 0.499. The van der Waals surface area contributed by atoms with Crippen LogP contribution in [0.5, 0.6) is 0 Å². The second kappa shape index (κ2) is 4.85. The first-order valence-corrected chi connectivity index (χ1v) is 7.08. The van der Waals surface area contributed by atoms with Crippen molar-refractivity contribution < 1.29 is 12.8 Å². The fourth-order valence-corrected chi connectivity index (χ4v) is 2.53. The van der Waals surface area contributed by atoms with Gasteiger partial charge in [-0.25, -0.2) is 18.1 Å². The minimum atomic E-state index is -3.22. The summed E-state index contributed by atoms with van der Waals surface area (Å²) < 4.78 is 30.7. The van der Waals surface area contributed by atoms with Gasteiger partial charge in [0.1, 0.15) is 5.52 Å². The maximum absolute atomic E-state index is 11.4. The van der Waals surface area contributed by atoms with E-state index >= 15 is 0 Å². The van der Waals surface area contributed by atoms with E-state index in [9.17, 15) is 8.42 Å². The fraction of sp³-hybridized carbons (Fsp3) is 0.364. The molecular formula is C11H14N2O3S. The van der Waals surface area contributed by atoms with E-state index in [1.54, 1.807) is 6.07 Å². The summed E-state index contributed by atoms with van der Waals surface area (Å²) in [5, 5.41) is 0. The Bertz CT molecular complexity index is 571. The van der Waals surface area contributed by atoms with Gasteiger partial charge in [-0.3, -0.25) is 0 Å². The van der Waals surface area contributed by atoms with Crippen LogP contribution < -0.4 is 4.72 Å². The minimum absolute atomic E-state index is 0.0943. The van der Waals surface area contributed by atoms with Crippen LogP contribution in [0.4, 0.5) is 0 Å². The number of nitrogens with zero attached hydrogens (tertiary/aromatic N) is 1. The largest absolute Gasteiger partial charge is 0.439 e. The van der Waals surface area contributed by atoms with Crippen LogP contribution in [-0.2, 0) is 16.6 Å². The van der Waals surface area contributed by atoms with Crippen LogP contribution in [0.3, 0.4) is 0 Å². The maximum atomic E-state index is 11.4. The highest BCUT2D eigenvalue weighted by atomic mass is 32.2. The molecule has 0 aliphatic rings. The first kappa shape index (κ1) is 12.1. The van der Waals surface area contributed by atoms with Gasteiger partial charge in [0, 0.05) is 0 Å². The molecule has 0 saturated heterocycles. The number of oxazole rings is 1. The first-order valence-electron chi connectivity index (χ1n) is 5.42. The van der Waals surface area contributed by atoms with Gasteiger partial charge in [-0.1, -0.05) is 19.1 Å². The Morgan fingerprint density at radius 3 is 2.82 bits per heavy atom. The van der Waals surface area contributed by atoms with E-state index in [-0.39, 0.29) is 12.3 Å². The highest BCUT2D eigenvalue weighted by Crippen LogP contribution is 2.14. The van der Waals surface area contributed by atoms with Crippen LogP contribution in [0.1, 0.15) is 19.2 Å². The Hall–Kier alpha value is -1.40. The lowest BCUT2D eigenvalue weighted by Gasteiger charge is -2.01. The molecule has 0 saturated carbocycles. The molecule has 17 heavy (non-hydrogen) atoms. The SMILES string of the molecule is CCCS(=O)(=O)NCc1nc2ccccc2o1. The standard InChI is InChI=1S/C11H14N2O3S/c1-2-7-17(14,15)12-8-11-13-9-5-3-4-6-10(9)16-11/h3-6,12H,2,7-8H2,1H3.